The number of benzene rings is 1. The Morgan fingerprint density at radius 3 is 2.62 bits per heavy atom. The molecule has 1 aliphatic heterocycles. The average molecular weight is 417 g/mol. The van der Waals surface area contributed by atoms with Gasteiger partial charge in [-0.3, -0.25) is 9.36 Å². The predicted molar refractivity (Wildman–Crippen MR) is 113 cm³/mol. The van der Waals surface area contributed by atoms with E-state index in [4.69, 9.17) is 0 Å². The summed E-state index contributed by atoms with van der Waals surface area (Å²) in [5.41, 5.74) is 0.742. The molecule has 0 radical (unpaired) electrons. The number of hydrogen-bond donors (Lipinski definition) is 0. The van der Waals surface area contributed by atoms with Crippen LogP contribution < -0.4 is 0 Å². The molecule has 0 atom stereocenters. The lowest BCUT2D eigenvalue weighted by Crippen LogP contribution is -2.39. The smallest absolute Gasteiger partial charge is 0.233 e. The highest BCUT2D eigenvalue weighted by Gasteiger charge is 2.26. The SMILES string of the molecule is CC1CCN(C(=O)CSc2nnc(-c3cccc(F)c3)n2C2CCCCC2)CC1. The molecule has 1 aromatic heterocycles. The maximum absolute atomic E-state index is 13.8. The maximum Gasteiger partial charge on any atom is 0.233 e. The van der Waals surface area contributed by atoms with Gasteiger partial charge in [-0.15, -0.1) is 10.2 Å². The number of piperidine rings is 1. The summed E-state index contributed by atoms with van der Waals surface area (Å²) in [5, 5.41) is 9.59. The molecule has 29 heavy (non-hydrogen) atoms. The lowest BCUT2D eigenvalue weighted by Gasteiger charge is -2.30. The van der Waals surface area contributed by atoms with Crippen LogP contribution in [0, 0.1) is 11.7 Å². The molecule has 1 saturated carbocycles. The van der Waals surface area contributed by atoms with Crippen LogP contribution in [0.4, 0.5) is 4.39 Å². The van der Waals surface area contributed by atoms with Crippen molar-refractivity contribution in [1.82, 2.24) is 19.7 Å². The Labute approximate surface area is 176 Å². The molecular weight excluding hydrogens is 387 g/mol. The molecule has 2 aliphatic rings. The molecule has 5 nitrogen and oxygen atoms in total. The van der Waals surface area contributed by atoms with Crippen molar-refractivity contribution < 1.29 is 9.18 Å². The van der Waals surface area contributed by atoms with Crippen molar-refractivity contribution in [3.63, 3.8) is 0 Å². The van der Waals surface area contributed by atoms with Crippen LogP contribution in [0.2, 0.25) is 0 Å². The van der Waals surface area contributed by atoms with Crippen molar-refractivity contribution in [2.75, 3.05) is 18.8 Å². The first kappa shape index (κ1) is 20.4. The third-order valence-corrected chi connectivity index (χ3v) is 7.08. The zero-order valence-corrected chi connectivity index (χ0v) is 17.8. The highest BCUT2D eigenvalue weighted by molar-refractivity contribution is 7.99. The second-order valence-electron chi connectivity index (χ2n) is 8.33. The maximum atomic E-state index is 13.8. The highest BCUT2D eigenvalue weighted by atomic mass is 32.2. The first-order chi connectivity index (χ1) is 14.1. The van der Waals surface area contributed by atoms with E-state index in [1.165, 1.54) is 43.2 Å². The Hall–Kier alpha value is -1.89. The summed E-state index contributed by atoms with van der Waals surface area (Å²) in [6.45, 7) is 3.95. The average Bonchev–Trinajstić information content (AvgIpc) is 3.17. The van der Waals surface area contributed by atoms with Crippen molar-refractivity contribution >= 4 is 17.7 Å². The minimum atomic E-state index is -0.274. The summed E-state index contributed by atoms with van der Waals surface area (Å²) in [4.78, 5) is 14.7. The Bertz CT molecular complexity index is 841. The molecule has 0 unspecified atom stereocenters. The van der Waals surface area contributed by atoms with Crippen LogP contribution in [0.25, 0.3) is 11.4 Å². The quantitative estimate of drug-likeness (QED) is 0.648. The van der Waals surface area contributed by atoms with Gasteiger partial charge in [0.15, 0.2) is 11.0 Å². The van der Waals surface area contributed by atoms with Crippen molar-refractivity contribution in [3.05, 3.63) is 30.1 Å². The van der Waals surface area contributed by atoms with Gasteiger partial charge in [-0.05, 0) is 43.7 Å². The fourth-order valence-electron chi connectivity index (χ4n) is 4.34. The largest absolute Gasteiger partial charge is 0.342 e. The minimum Gasteiger partial charge on any atom is -0.342 e. The summed E-state index contributed by atoms with van der Waals surface area (Å²) in [6, 6.07) is 6.85. The molecule has 2 heterocycles. The normalized spacial score (nSPS) is 18.9. The van der Waals surface area contributed by atoms with Gasteiger partial charge in [-0.2, -0.15) is 0 Å². The number of likely N-dealkylation sites (tertiary alicyclic amines) is 1. The van der Waals surface area contributed by atoms with E-state index in [2.05, 4.69) is 21.7 Å². The van der Waals surface area contributed by atoms with Crippen molar-refractivity contribution in [2.45, 2.75) is 63.1 Å². The van der Waals surface area contributed by atoms with E-state index >= 15 is 0 Å². The van der Waals surface area contributed by atoms with E-state index in [-0.39, 0.29) is 11.7 Å². The Morgan fingerprint density at radius 2 is 1.90 bits per heavy atom. The van der Waals surface area contributed by atoms with E-state index in [1.807, 2.05) is 11.0 Å². The van der Waals surface area contributed by atoms with Crippen LogP contribution in [0.5, 0.6) is 0 Å². The third kappa shape index (κ3) is 4.82. The van der Waals surface area contributed by atoms with Gasteiger partial charge >= 0.3 is 0 Å². The Morgan fingerprint density at radius 1 is 1.14 bits per heavy atom. The monoisotopic (exact) mass is 416 g/mol. The second-order valence-corrected chi connectivity index (χ2v) is 9.27. The minimum absolute atomic E-state index is 0.174. The molecule has 0 bridgehead atoms. The number of rotatable bonds is 5. The molecule has 1 aliphatic carbocycles. The molecule has 2 fully saturated rings. The summed E-state index contributed by atoms with van der Waals surface area (Å²) < 4.78 is 16.0. The summed E-state index contributed by atoms with van der Waals surface area (Å²) in [6.07, 6.45) is 7.93. The molecule has 1 aromatic carbocycles. The van der Waals surface area contributed by atoms with Gasteiger partial charge in [0.25, 0.3) is 0 Å². The van der Waals surface area contributed by atoms with E-state index in [9.17, 15) is 9.18 Å². The van der Waals surface area contributed by atoms with Gasteiger partial charge in [0.2, 0.25) is 5.91 Å². The number of carbonyl (C=O) groups excluding carboxylic acids is 1. The first-order valence-corrected chi connectivity index (χ1v) is 11.7. The van der Waals surface area contributed by atoms with Gasteiger partial charge in [0, 0.05) is 24.7 Å². The number of carbonyl (C=O) groups is 1. The van der Waals surface area contributed by atoms with E-state index in [0.717, 1.165) is 49.5 Å². The van der Waals surface area contributed by atoms with Gasteiger partial charge in [0.05, 0.1) is 5.75 Å². The van der Waals surface area contributed by atoms with Crippen LogP contribution >= 0.6 is 11.8 Å². The zero-order valence-electron chi connectivity index (χ0n) is 17.0. The van der Waals surface area contributed by atoms with Crippen molar-refractivity contribution in [2.24, 2.45) is 5.92 Å². The molecule has 0 spiro atoms. The Balaban J connectivity index is 1.54. The van der Waals surface area contributed by atoms with Gasteiger partial charge in [-0.1, -0.05) is 50.1 Å². The number of aromatic nitrogens is 3. The lowest BCUT2D eigenvalue weighted by atomic mass is 9.95. The number of nitrogens with zero attached hydrogens (tertiary/aromatic N) is 4. The Kier molecular flexibility index (Phi) is 6.53. The van der Waals surface area contributed by atoms with Crippen LogP contribution in [0.15, 0.2) is 29.4 Å². The molecule has 7 heteroatoms. The fraction of sp³-hybridized carbons (Fsp3) is 0.591. The number of halogens is 1. The molecule has 156 valence electrons. The van der Waals surface area contributed by atoms with Gasteiger partial charge in [-0.25, -0.2) is 4.39 Å². The van der Waals surface area contributed by atoms with E-state index in [0.29, 0.717) is 23.5 Å². The summed E-state index contributed by atoms with van der Waals surface area (Å²) in [5.74, 6) is 1.69. The fourth-order valence-corrected chi connectivity index (χ4v) is 5.25. The lowest BCUT2D eigenvalue weighted by molar-refractivity contribution is -0.129. The van der Waals surface area contributed by atoms with E-state index in [1.54, 1.807) is 6.07 Å². The molecule has 4 rings (SSSR count). The molecular formula is C22H29FN4OS. The van der Waals surface area contributed by atoms with Crippen LogP contribution in [-0.4, -0.2) is 44.4 Å². The van der Waals surface area contributed by atoms with E-state index < -0.39 is 0 Å². The standard InChI is InChI=1S/C22H29FN4OS/c1-16-10-12-26(13-11-16)20(28)15-29-22-25-24-21(17-6-5-7-18(23)14-17)27(22)19-8-3-2-4-9-19/h5-7,14,16,19H,2-4,8-13,15H2,1H3. The summed E-state index contributed by atoms with van der Waals surface area (Å²) >= 11 is 1.47. The summed E-state index contributed by atoms with van der Waals surface area (Å²) in [7, 11) is 0. The van der Waals surface area contributed by atoms with Crippen molar-refractivity contribution in [1.29, 1.82) is 0 Å². The molecule has 1 saturated heterocycles. The molecule has 2 aromatic rings. The van der Waals surface area contributed by atoms with Crippen LogP contribution in [0.1, 0.15) is 57.9 Å². The topological polar surface area (TPSA) is 51.0 Å². The molecule has 1 amide bonds. The highest BCUT2D eigenvalue weighted by Crippen LogP contribution is 2.35. The molecule has 0 N–H and O–H groups in total. The first-order valence-electron chi connectivity index (χ1n) is 10.7. The second kappa shape index (κ2) is 9.28. The van der Waals surface area contributed by atoms with Crippen LogP contribution in [0.3, 0.4) is 0 Å². The number of hydrogen-bond acceptors (Lipinski definition) is 4. The predicted octanol–water partition coefficient (Wildman–Crippen LogP) is 4.94. The zero-order chi connectivity index (χ0) is 20.2. The third-order valence-electron chi connectivity index (χ3n) is 6.15. The van der Waals surface area contributed by atoms with Gasteiger partial charge < -0.3 is 4.90 Å². The number of thioether (sulfide) groups is 1. The van der Waals surface area contributed by atoms with Crippen molar-refractivity contribution in [3.8, 4) is 11.4 Å². The van der Waals surface area contributed by atoms with Gasteiger partial charge in [0.1, 0.15) is 5.82 Å². The number of amides is 1. The van der Waals surface area contributed by atoms with Crippen LogP contribution in [-0.2, 0) is 4.79 Å².